The molecule has 1 aromatic rings. The molecule has 0 bridgehead atoms. The molecule has 1 saturated heterocycles. The maximum absolute atomic E-state index is 13.6. The summed E-state index contributed by atoms with van der Waals surface area (Å²) in [6.07, 6.45) is 6.36. The average Bonchev–Trinajstić information content (AvgIpc) is 3.35. The molecule has 140 valence electrons. The lowest BCUT2D eigenvalue weighted by atomic mass is 9.77. The van der Waals surface area contributed by atoms with Crippen LogP contribution >= 0.6 is 0 Å². The van der Waals surface area contributed by atoms with Crippen molar-refractivity contribution in [2.45, 2.75) is 50.4 Å². The second-order valence-corrected chi connectivity index (χ2v) is 8.25. The van der Waals surface area contributed by atoms with Crippen LogP contribution in [0.4, 0.5) is 0 Å². The van der Waals surface area contributed by atoms with E-state index in [1.165, 1.54) is 0 Å². The lowest BCUT2D eigenvalue weighted by molar-refractivity contribution is -0.150. The van der Waals surface area contributed by atoms with E-state index in [4.69, 9.17) is 4.74 Å². The highest BCUT2D eigenvalue weighted by molar-refractivity contribution is 5.90. The first-order valence-corrected chi connectivity index (χ1v) is 9.69. The minimum absolute atomic E-state index is 0.110. The van der Waals surface area contributed by atoms with Crippen molar-refractivity contribution in [1.82, 2.24) is 4.90 Å². The molecule has 1 aliphatic heterocycles. The first-order valence-electron chi connectivity index (χ1n) is 9.69. The van der Waals surface area contributed by atoms with Crippen LogP contribution in [0.15, 0.2) is 24.3 Å². The van der Waals surface area contributed by atoms with Gasteiger partial charge in [-0.2, -0.15) is 0 Å². The Kier molecular flexibility index (Phi) is 4.20. The van der Waals surface area contributed by atoms with Crippen LogP contribution in [0.1, 0.15) is 50.5 Å². The fraction of sp³-hybridized carbons (Fsp3) is 0.619. The van der Waals surface area contributed by atoms with Gasteiger partial charge in [-0.05, 0) is 49.3 Å². The van der Waals surface area contributed by atoms with E-state index in [2.05, 4.69) is 0 Å². The Morgan fingerprint density at radius 2 is 1.81 bits per heavy atom. The van der Waals surface area contributed by atoms with Gasteiger partial charge in [-0.3, -0.25) is 9.59 Å². The van der Waals surface area contributed by atoms with Crippen molar-refractivity contribution in [3.05, 3.63) is 29.8 Å². The number of rotatable bonds is 4. The molecule has 3 fully saturated rings. The molecule has 26 heavy (non-hydrogen) atoms. The summed E-state index contributed by atoms with van der Waals surface area (Å²) < 4.78 is 5.25. The van der Waals surface area contributed by atoms with Crippen LogP contribution < -0.4 is 4.74 Å². The number of likely N-dealkylation sites (tertiary alicyclic amines) is 1. The zero-order valence-corrected chi connectivity index (χ0v) is 15.4. The first kappa shape index (κ1) is 17.4. The van der Waals surface area contributed by atoms with Crippen LogP contribution in [0.5, 0.6) is 5.75 Å². The van der Waals surface area contributed by atoms with Crippen molar-refractivity contribution in [2.24, 2.45) is 11.3 Å². The molecule has 3 aliphatic rings. The van der Waals surface area contributed by atoms with Crippen LogP contribution in [0, 0.1) is 11.3 Å². The Labute approximate surface area is 154 Å². The third-order valence-electron chi connectivity index (χ3n) is 7.09. The number of carbonyl (C=O) groups is 2. The molecule has 0 radical (unpaired) electrons. The Bertz CT molecular complexity index is 707. The third-order valence-corrected chi connectivity index (χ3v) is 7.09. The number of hydrogen-bond donors (Lipinski definition) is 1. The van der Waals surface area contributed by atoms with Crippen molar-refractivity contribution in [2.75, 3.05) is 20.2 Å². The molecule has 0 aromatic heterocycles. The second-order valence-electron chi connectivity index (χ2n) is 8.25. The number of fused-ring (bicyclic) bond motifs is 1. The molecular formula is C21H27NO4. The van der Waals surface area contributed by atoms with E-state index in [1.54, 1.807) is 7.11 Å². The van der Waals surface area contributed by atoms with Gasteiger partial charge in [0.15, 0.2) is 0 Å². The standard InChI is InChI=1S/C21H27NO4/c1-26-17-8-6-15(7-9-17)20(10-2-3-11-20)18(23)22-13-16-5-4-12-21(16,14-22)19(24)25/h6-9,16H,2-5,10-14H2,1H3,(H,24,25)/t16-,21+/m0/s1. The fourth-order valence-corrected chi connectivity index (χ4v) is 5.61. The average molecular weight is 357 g/mol. The van der Waals surface area contributed by atoms with Crippen molar-refractivity contribution in [3.63, 3.8) is 0 Å². The van der Waals surface area contributed by atoms with E-state index in [1.807, 2.05) is 29.2 Å². The number of nitrogens with zero attached hydrogens (tertiary/aromatic N) is 1. The Morgan fingerprint density at radius 3 is 2.38 bits per heavy atom. The Morgan fingerprint density at radius 1 is 1.12 bits per heavy atom. The van der Waals surface area contributed by atoms with Crippen molar-refractivity contribution in [3.8, 4) is 5.75 Å². The minimum atomic E-state index is -0.722. The predicted molar refractivity (Wildman–Crippen MR) is 97.1 cm³/mol. The highest BCUT2D eigenvalue weighted by atomic mass is 16.5. The van der Waals surface area contributed by atoms with Gasteiger partial charge in [-0.25, -0.2) is 0 Å². The fourth-order valence-electron chi connectivity index (χ4n) is 5.61. The molecule has 1 aromatic carbocycles. The molecule has 5 nitrogen and oxygen atoms in total. The van der Waals surface area contributed by atoms with E-state index < -0.39 is 16.8 Å². The number of ether oxygens (including phenoxy) is 1. The first-order chi connectivity index (χ1) is 12.5. The number of methoxy groups -OCH3 is 1. The summed E-state index contributed by atoms with van der Waals surface area (Å²) >= 11 is 0. The highest BCUT2D eigenvalue weighted by Crippen LogP contribution is 2.51. The van der Waals surface area contributed by atoms with Crippen molar-refractivity contribution >= 4 is 11.9 Å². The van der Waals surface area contributed by atoms with Gasteiger partial charge in [0.2, 0.25) is 5.91 Å². The Balaban J connectivity index is 1.63. The number of aliphatic carboxylic acids is 1. The summed E-state index contributed by atoms with van der Waals surface area (Å²) in [5.74, 6) is 0.309. The lowest BCUT2D eigenvalue weighted by Gasteiger charge is -2.34. The van der Waals surface area contributed by atoms with E-state index >= 15 is 0 Å². The molecular weight excluding hydrogens is 330 g/mol. The maximum Gasteiger partial charge on any atom is 0.311 e. The normalized spacial score (nSPS) is 29.6. The van der Waals surface area contributed by atoms with E-state index in [0.29, 0.717) is 19.5 Å². The summed E-state index contributed by atoms with van der Waals surface area (Å²) in [7, 11) is 1.64. The summed E-state index contributed by atoms with van der Waals surface area (Å²) in [4.78, 5) is 27.5. The largest absolute Gasteiger partial charge is 0.497 e. The van der Waals surface area contributed by atoms with Crippen molar-refractivity contribution < 1.29 is 19.4 Å². The van der Waals surface area contributed by atoms with Crippen LogP contribution in [0.2, 0.25) is 0 Å². The third kappa shape index (κ3) is 2.43. The molecule has 0 spiro atoms. The van der Waals surface area contributed by atoms with E-state index in [0.717, 1.165) is 49.8 Å². The SMILES string of the molecule is COc1ccc(C2(C(=O)N3C[C@@H]4CCC[C@@]4(C(=O)O)C3)CCCC2)cc1. The molecule has 2 aliphatic carbocycles. The maximum atomic E-state index is 13.6. The number of benzene rings is 1. The monoisotopic (exact) mass is 357 g/mol. The van der Waals surface area contributed by atoms with Gasteiger partial charge in [0, 0.05) is 13.1 Å². The molecule has 0 unspecified atom stereocenters. The van der Waals surface area contributed by atoms with Gasteiger partial charge >= 0.3 is 5.97 Å². The molecule has 4 rings (SSSR count). The molecule has 2 saturated carbocycles. The molecule has 1 heterocycles. The zero-order chi connectivity index (χ0) is 18.4. The smallest absolute Gasteiger partial charge is 0.311 e. The molecule has 1 amide bonds. The van der Waals surface area contributed by atoms with E-state index in [-0.39, 0.29) is 11.8 Å². The zero-order valence-electron chi connectivity index (χ0n) is 15.4. The van der Waals surface area contributed by atoms with E-state index in [9.17, 15) is 14.7 Å². The Hall–Kier alpha value is -2.04. The van der Waals surface area contributed by atoms with Crippen LogP contribution in [0.25, 0.3) is 0 Å². The number of hydrogen-bond acceptors (Lipinski definition) is 3. The predicted octanol–water partition coefficient (Wildman–Crippen LogP) is 3.22. The second kappa shape index (κ2) is 6.29. The van der Waals surface area contributed by atoms with Gasteiger partial charge in [0.1, 0.15) is 5.75 Å². The molecule has 5 heteroatoms. The minimum Gasteiger partial charge on any atom is -0.497 e. The lowest BCUT2D eigenvalue weighted by Crippen LogP contribution is -2.46. The van der Waals surface area contributed by atoms with Crippen molar-refractivity contribution in [1.29, 1.82) is 0 Å². The van der Waals surface area contributed by atoms with Crippen LogP contribution in [0.3, 0.4) is 0 Å². The van der Waals surface area contributed by atoms with Crippen LogP contribution in [-0.4, -0.2) is 42.1 Å². The number of carboxylic acid groups (broad SMARTS) is 1. The van der Waals surface area contributed by atoms with Gasteiger partial charge in [0.05, 0.1) is 17.9 Å². The summed E-state index contributed by atoms with van der Waals surface area (Å²) in [5, 5.41) is 9.83. The quantitative estimate of drug-likeness (QED) is 0.898. The summed E-state index contributed by atoms with van der Waals surface area (Å²) in [5.41, 5.74) is -0.165. The number of carboxylic acids is 1. The summed E-state index contributed by atoms with van der Waals surface area (Å²) in [6.45, 7) is 0.979. The number of carbonyl (C=O) groups excluding carboxylic acids is 1. The van der Waals surface area contributed by atoms with Gasteiger partial charge in [-0.15, -0.1) is 0 Å². The van der Waals surface area contributed by atoms with Gasteiger partial charge in [0.25, 0.3) is 0 Å². The topological polar surface area (TPSA) is 66.8 Å². The van der Waals surface area contributed by atoms with Crippen LogP contribution in [-0.2, 0) is 15.0 Å². The number of amides is 1. The highest BCUT2D eigenvalue weighted by Gasteiger charge is 2.58. The summed E-state index contributed by atoms with van der Waals surface area (Å²) in [6, 6.07) is 7.85. The van der Waals surface area contributed by atoms with Gasteiger partial charge < -0.3 is 14.7 Å². The van der Waals surface area contributed by atoms with Gasteiger partial charge in [-0.1, -0.05) is 31.4 Å². The molecule has 2 atom stereocenters. The molecule has 1 N–H and O–H groups in total.